The zero-order chi connectivity index (χ0) is 83.2. The third-order valence-corrected chi connectivity index (χ3v) is 23.0. The molecule has 29 heteroatoms. The normalized spacial score (nSPS) is 17.4. The molecule has 606 valence electrons. The second kappa shape index (κ2) is 36.2. The number of pyridine rings is 3. The van der Waals surface area contributed by atoms with E-state index >= 15 is 0 Å². The average molecular weight is 1670 g/mol. The third-order valence-electron chi connectivity index (χ3n) is 22.1. The highest BCUT2D eigenvalue weighted by molar-refractivity contribution is 6.32. The smallest absolute Gasteiger partial charge is 0.410 e. The van der Waals surface area contributed by atoms with Gasteiger partial charge in [-0.2, -0.15) is 10.5 Å². The molecule has 0 bridgehead atoms. The van der Waals surface area contributed by atoms with E-state index in [9.17, 15) is 24.6 Å². The second-order valence-corrected chi connectivity index (χ2v) is 32.5. The van der Waals surface area contributed by atoms with Gasteiger partial charge in [-0.05, 0) is 210 Å². The Morgan fingerprint density at radius 2 is 1.01 bits per heavy atom. The monoisotopic (exact) mass is 1670 g/mol. The summed E-state index contributed by atoms with van der Waals surface area (Å²) in [6, 6.07) is 44.8. The van der Waals surface area contributed by atoms with Crippen molar-refractivity contribution in [2.45, 2.75) is 77.2 Å². The minimum absolute atomic E-state index is 0.0990. The molecule has 3 unspecified atom stereocenters. The van der Waals surface area contributed by atoms with Gasteiger partial charge < -0.3 is 54.0 Å². The molecule has 4 N–H and O–H groups in total. The molecule has 5 amide bonds. The van der Waals surface area contributed by atoms with Crippen molar-refractivity contribution in [3.05, 3.63) is 305 Å². The molecule has 3 aliphatic carbocycles. The van der Waals surface area contributed by atoms with Crippen LogP contribution in [0.15, 0.2) is 189 Å². The number of aliphatic hydroxyl groups excluding tert-OH is 2. The summed E-state index contributed by atoms with van der Waals surface area (Å²) in [4.78, 5) is 78.6. The van der Waals surface area contributed by atoms with Gasteiger partial charge in [-0.15, -0.1) is 0 Å². The molecule has 6 aromatic heterocycles. The quantitative estimate of drug-likeness (QED) is 0.0884. The molecule has 6 aliphatic rings. The number of nitrogens with one attached hydrogen (secondary N) is 2. The van der Waals surface area contributed by atoms with E-state index in [1.165, 1.54) is 0 Å². The number of nitriles is 2. The van der Waals surface area contributed by atoms with Crippen LogP contribution in [0.5, 0.6) is 0 Å². The van der Waals surface area contributed by atoms with Gasteiger partial charge in [0.05, 0.1) is 81.7 Å². The second-order valence-electron chi connectivity index (χ2n) is 30.8. The lowest BCUT2D eigenvalue weighted by Gasteiger charge is -2.40. The molecule has 5 aromatic carbocycles. The van der Waals surface area contributed by atoms with Crippen LogP contribution in [0.4, 0.5) is 25.8 Å². The number of ether oxygens (including phenoxy) is 1. The van der Waals surface area contributed by atoms with E-state index in [1.807, 2.05) is 140 Å². The van der Waals surface area contributed by atoms with Gasteiger partial charge in [0.15, 0.2) is 0 Å². The van der Waals surface area contributed by atoms with Gasteiger partial charge in [0.2, 0.25) is 0 Å². The van der Waals surface area contributed by atoms with E-state index in [4.69, 9.17) is 76.6 Å². The number of aromatic nitrogens is 9. The van der Waals surface area contributed by atoms with E-state index in [1.54, 1.807) is 95.6 Å². The highest BCUT2D eigenvalue weighted by Crippen LogP contribution is 2.47. The first-order valence-electron chi connectivity index (χ1n) is 39.2. The van der Waals surface area contributed by atoms with Crippen molar-refractivity contribution in [2.24, 2.45) is 7.05 Å². The molecule has 3 aliphatic heterocycles. The molecular formula is C90H87Cl4N19O6. The van der Waals surface area contributed by atoms with Gasteiger partial charge in [0, 0.05) is 174 Å². The van der Waals surface area contributed by atoms with Crippen molar-refractivity contribution in [3.63, 3.8) is 0 Å². The number of carbonyl (C=O) groups is 3. The first-order valence-corrected chi connectivity index (χ1v) is 40.7. The number of fused-ring (bicyclic) bond motifs is 6. The molecule has 4 atom stereocenters. The number of carbonyl (C=O) groups excluding carboxylic acids is 3. The van der Waals surface area contributed by atoms with Crippen LogP contribution in [0.25, 0.3) is 34.9 Å². The van der Waals surface area contributed by atoms with E-state index in [0.29, 0.717) is 146 Å². The van der Waals surface area contributed by atoms with E-state index in [-0.39, 0.29) is 42.9 Å². The Balaban J connectivity index is 0.000000140. The molecule has 25 nitrogen and oxygen atoms in total. The number of allylic oxidation sites excluding steroid dienone is 2. The number of imidazole rings is 3. The van der Waals surface area contributed by atoms with Crippen LogP contribution >= 0.6 is 46.4 Å². The number of halogens is 4. The summed E-state index contributed by atoms with van der Waals surface area (Å²) in [5.41, 5.74) is 17.3. The first-order chi connectivity index (χ1) is 57.5. The molecule has 11 aromatic rings. The van der Waals surface area contributed by atoms with Crippen LogP contribution in [-0.4, -0.2) is 186 Å². The molecule has 0 spiro atoms. The van der Waals surface area contributed by atoms with E-state index < -0.39 is 11.7 Å². The third kappa shape index (κ3) is 18.5. The van der Waals surface area contributed by atoms with E-state index in [0.717, 1.165) is 89.7 Å². The topological polar surface area (TPSA) is 284 Å². The van der Waals surface area contributed by atoms with Crippen LogP contribution in [0.2, 0.25) is 20.1 Å². The Hall–Kier alpha value is -11.9. The lowest BCUT2D eigenvalue weighted by Crippen LogP contribution is -2.51. The van der Waals surface area contributed by atoms with Gasteiger partial charge in [0.25, 0.3) is 0 Å². The van der Waals surface area contributed by atoms with Crippen LogP contribution < -0.4 is 10.6 Å². The summed E-state index contributed by atoms with van der Waals surface area (Å²) in [6.45, 7) is 15.9. The van der Waals surface area contributed by atoms with Crippen molar-refractivity contribution in [1.82, 2.24) is 73.0 Å². The number of anilines is 2. The summed E-state index contributed by atoms with van der Waals surface area (Å²) >= 11 is 26.0. The van der Waals surface area contributed by atoms with Crippen molar-refractivity contribution < 1.29 is 29.3 Å². The lowest BCUT2D eigenvalue weighted by molar-refractivity contribution is 0.0117. The largest absolute Gasteiger partial charge is 0.444 e. The molecule has 119 heavy (non-hydrogen) atoms. The molecule has 0 radical (unpaired) electrons. The standard InChI is InChI=1S/C31H27Cl2N7O.C31H28ClN7O2.C28H32ClN5O3/c1-20-35-8-9-40(20)19-23-14-22-15-24(32)4-7-27(22)30(29-28(23)16-25(33)18-36-29)38-10-12-39(13-11-38)31(41)37-26-5-2-21(17-34)3-6-26;1-37-19-34-18-27(37)30(40)26-15-21-3-2-10-35-28(21)29(24-9-6-22(32)16-25(24)26)38-11-13-39(14-12-38)31(41)36-23-7-4-20(17-33)5-8-23;1-28(2,3)37-27(36)33-13-11-32(12-14-33)26-22-7-6-21(29)16-23(22)20(15-19-5-4-8-31-25(19)26)17-34-10-9-30-24(34)18-35/h2-9,14-16,18,30H,10-13,19H2,1H3,(H,37,41);2-10,15-16,18-19,29-30,40H,11-14H2,1H3,(H,36,41);4-10,15-16,26,35H,11-14,17-18H2,1-3H3/t;29-,30?;/m.0./s1. The fraction of sp³-hybridized carbons (Fsp3) is 0.278. The van der Waals surface area contributed by atoms with Crippen molar-refractivity contribution in [1.29, 1.82) is 10.5 Å². The number of aliphatic hydroxyl groups is 2. The Bertz CT molecular complexity index is 5780. The van der Waals surface area contributed by atoms with Gasteiger partial charge in [-0.25, -0.2) is 29.3 Å². The van der Waals surface area contributed by atoms with E-state index in [2.05, 4.69) is 87.3 Å². The van der Waals surface area contributed by atoms with Gasteiger partial charge in [0.1, 0.15) is 30.0 Å². The number of aryl methyl sites for hydroxylation is 2. The number of nitrogens with zero attached hydrogens (tertiary/aromatic N) is 17. The number of hydrogen-bond acceptors (Lipinski definition) is 17. The highest BCUT2D eigenvalue weighted by atomic mass is 35.5. The number of hydrogen-bond donors (Lipinski definition) is 4. The van der Waals surface area contributed by atoms with Gasteiger partial charge >= 0.3 is 18.2 Å². The lowest BCUT2D eigenvalue weighted by atomic mass is 9.91. The SMILES string of the molecule is CC(C)(C)OC(=O)N1CCN(C2c3ccc(Cl)cc3C(Cn3ccnc3CO)=Cc3cccnc32)CC1.Cc1nccn1CC1=Cc2cc(Cl)ccc2C(N2CCN(C(=O)Nc3ccc(C#N)cc3)CC2)c2ncc(Cl)cc21.Cn1cncc1C(O)C1=Cc2cccnc2[C@@H](N2CCN(C(=O)Nc3ccc(C#N)cc3)CC2)c2ccc(Cl)cc21. The van der Waals surface area contributed by atoms with Gasteiger partial charge in [-0.3, -0.25) is 29.7 Å². The fourth-order valence-corrected chi connectivity index (χ4v) is 16.8. The number of piperazine rings is 3. The molecule has 3 saturated heterocycles. The predicted octanol–water partition coefficient (Wildman–Crippen LogP) is 15.7. The summed E-state index contributed by atoms with van der Waals surface area (Å²) in [5, 5.41) is 47.7. The van der Waals surface area contributed by atoms with Crippen LogP contribution in [-0.2, 0) is 31.5 Å². The Morgan fingerprint density at radius 1 is 0.529 bits per heavy atom. The van der Waals surface area contributed by atoms with Crippen LogP contribution in [0.3, 0.4) is 0 Å². The summed E-state index contributed by atoms with van der Waals surface area (Å²) in [6.07, 6.45) is 21.1. The molecule has 9 heterocycles. The summed E-state index contributed by atoms with van der Waals surface area (Å²) < 4.78 is 11.5. The minimum atomic E-state index is -0.922. The Morgan fingerprint density at radius 3 is 1.54 bits per heavy atom. The van der Waals surface area contributed by atoms with Crippen LogP contribution in [0.1, 0.15) is 141 Å². The minimum Gasteiger partial charge on any atom is -0.444 e. The molecule has 17 rings (SSSR count). The number of benzene rings is 5. The number of rotatable bonds is 12. The predicted molar refractivity (Wildman–Crippen MR) is 461 cm³/mol. The molecule has 3 fully saturated rings. The maximum atomic E-state index is 13.0. The molecule has 0 saturated carbocycles. The van der Waals surface area contributed by atoms with Gasteiger partial charge in [-0.1, -0.05) is 76.7 Å². The zero-order valence-corrected chi connectivity index (χ0v) is 69.2. The highest BCUT2D eigenvalue weighted by Gasteiger charge is 2.39. The van der Waals surface area contributed by atoms with Crippen molar-refractivity contribution in [2.75, 3.05) is 89.2 Å². The Labute approximate surface area is 709 Å². The maximum Gasteiger partial charge on any atom is 0.410 e. The zero-order valence-electron chi connectivity index (χ0n) is 66.2. The number of amides is 5. The van der Waals surface area contributed by atoms with Crippen LogP contribution in [0, 0.1) is 29.6 Å². The van der Waals surface area contributed by atoms with Crippen molar-refractivity contribution in [3.8, 4) is 12.1 Å². The first kappa shape index (κ1) is 82.3. The fourth-order valence-electron chi connectivity index (χ4n) is 16.2. The maximum absolute atomic E-state index is 13.0. The summed E-state index contributed by atoms with van der Waals surface area (Å²) in [5.74, 6) is 1.53. The summed E-state index contributed by atoms with van der Waals surface area (Å²) in [7, 11) is 1.86. The number of urea groups is 2. The van der Waals surface area contributed by atoms with Crippen molar-refractivity contribution >= 4 is 111 Å². The Kier molecular flexibility index (Phi) is 25.0. The average Bonchev–Trinajstić information content (AvgIpc) is 1.64. The molecular weight excluding hydrogens is 1580 g/mol.